The maximum atomic E-state index is 12.6. The third kappa shape index (κ3) is 5.27. The molecule has 0 aliphatic carbocycles. The molecule has 0 spiro atoms. The maximum absolute atomic E-state index is 12.6. The number of hydrogen-bond donors (Lipinski definition) is 2. The highest BCUT2D eigenvalue weighted by molar-refractivity contribution is 9.10. The molecule has 2 rings (SSSR count). The van der Waals surface area contributed by atoms with Gasteiger partial charge in [0, 0.05) is 31.4 Å². The molecule has 148 valence electrons. The topological polar surface area (TPSA) is 120 Å². The molecule has 0 aliphatic heterocycles. The van der Waals surface area contributed by atoms with Gasteiger partial charge < -0.3 is 20.1 Å². The van der Waals surface area contributed by atoms with E-state index < -0.39 is 16.7 Å². The van der Waals surface area contributed by atoms with Gasteiger partial charge in [0.25, 0.3) is 17.5 Å². The Hall–Kier alpha value is -2.98. The molecule has 0 atom stereocenters. The van der Waals surface area contributed by atoms with E-state index in [1.165, 1.54) is 26.4 Å². The SMILES string of the molecule is COCCNC(=O)c1cc([N+](=O)[O-])ccc1NC(=O)c1ccc(OC)c(Br)c1. The molecule has 2 aromatic carbocycles. The van der Waals surface area contributed by atoms with E-state index in [1.54, 1.807) is 18.2 Å². The first-order chi connectivity index (χ1) is 13.4. The van der Waals surface area contributed by atoms with Gasteiger partial charge >= 0.3 is 0 Å². The second kappa shape index (κ2) is 9.81. The Balaban J connectivity index is 2.30. The van der Waals surface area contributed by atoms with Crippen LogP contribution in [0.3, 0.4) is 0 Å². The third-order valence-corrected chi connectivity index (χ3v) is 4.33. The van der Waals surface area contributed by atoms with Crippen LogP contribution in [0, 0.1) is 10.1 Å². The van der Waals surface area contributed by atoms with Gasteiger partial charge in [0.15, 0.2) is 0 Å². The minimum atomic E-state index is -0.613. The molecule has 0 saturated carbocycles. The molecular weight excluding hydrogens is 434 g/mol. The quantitative estimate of drug-likeness (QED) is 0.361. The van der Waals surface area contributed by atoms with Crippen LogP contribution in [0.25, 0.3) is 0 Å². The van der Waals surface area contributed by atoms with Crippen molar-refractivity contribution in [1.29, 1.82) is 0 Å². The van der Waals surface area contributed by atoms with Crippen molar-refractivity contribution in [2.75, 3.05) is 32.7 Å². The summed E-state index contributed by atoms with van der Waals surface area (Å²) in [7, 11) is 2.99. The van der Waals surface area contributed by atoms with Crippen LogP contribution in [0.5, 0.6) is 5.75 Å². The van der Waals surface area contributed by atoms with E-state index in [-0.39, 0.29) is 30.1 Å². The molecular formula is C18H18BrN3O6. The fourth-order valence-electron chi connectivity index (χ4n) is 2.31. The summed E-state index contributed by atoms with van der Waals surface area (Å²) in [6, 6.07) is 8.39. The van der Waals surface area contributed by atoms with Gasteiger partial charge in [-0.1, -0.05) is 0 Å². The average molecular weight is 452 g/mol. The zero-order valence-electron chi connectivity index (χ0n) is 15.2. The number of nitrogens with one attached hydrogen (secondary N) is 2. The highest BCUT2D eigenvalue weighted by Gasteiger charge is 2.19. The van der Waals surface area contributed by atoms with Crippen molar-refractivity contribution in [2.24, 2.45) is 0 Å². The molecule has 2 aromatic rings. The Morgan fingerprint density at radius 2 is 1.89 bits per heavy atom. The number of carbonyl (C=O) groups excluding carboxylic acids is 2. The first kappa shape index (κ1) is 21.3. The van der Waals surface area contributed by atoms with E-state index >= 15 is 0 Å². The minimum Gasteiger partial charge on any atom is -0.496 e. The maximum Gasteiger partial charge on any atom is 0.270 e. The Labute approximate surface area is 169 Å². The van der Waals surface area contributed by atoms with Crippen LogP contribution >= 0.6 is 15.9 Å². The Morgan fingerprint density at radius 1 is 1.14 bits per heavy atom. The summed E-state index contributed by atoms with van der Waals surface area (Å²) in [5, 5.41) is 16.2. The summed E-state index contributed by atoms with van der Waals surface area (Å²) < 4.78 is 10.6. The zero-order chi connectivity index (χ0) is 20.7. The van der Waals surface area contributed by atoms with Gasteiger partial charge in [-0.2, -0.15) is 0 Å². The number of nitro benzene ring substituents is 1. The van der Waals surface area contributed by atoms with Gasteiger partial charge in [-0.15, -0.1) is 0 Å². The number of anilines is 1. The van der Waals surface area contributed by atoms with Gasteiger partial charge in [0.2, 0.25) is 0 Å². The molecule has 28 heavy (non-hydrogen) atoms. The molecule has 0 fully saturated rings. The summed E-state index contributed by atoms with van der Waals surface area (Å²) in [6.45, 7) is 0.499. The minimum absolute atomic E-state index is 0.0220. The van der Waals surface area contributed by atoms with Crippen molar-refractivity contribution in [2.45, 2.75) is 0 Å². The molecule has 0 saturated heterocycles. The fourth-order valence-corrected chi connectivity index (χ4v) is 2.85. The van der Waals surface area contributed by atoms with Crippen molar-refractivity contribution in [1.82, 2.24) is 5.32 Å². The molecule has 0 aliphatic rings. The predicted octanol–water partition coefficient (Wildman–Crippen LogP) is 2.99. The normalized spacial score (nSPS) is 10.2. The Morgan fingerprint density at radius 3 is 2.50 bits per heavy atom. The number of carbonyl (C=O) groups is 2. The number of rotatable bonds is 8. The lowest BCUT2D eigenvalue weighted by atomic mass is 10.1. The van der Waals surface area contributed by atoms with E-state index in [4.69, 9.17) is 9.47 Å². The first-order valence-corrected chi connectivity index (χ1v) is 8.87. The lowest BCUT2D eigenvalue weighted by molar-refractivity contribution is -0.384. The number of non-ortho nitro benzene ring substituents is 1. The van der Waals surface area contributed by atoms with Crippen molar-refractivity contribution in [3.05, 3.63) is 62.1 Å². The predicted molar refractivity (Wildman–Crippen MR) is 106 cm³/mol. The molecule has 0 aromatic heterocycles. The number of benzene rings is 2. The summed E-state index contributed by atoms with van der Waals surface area (Å²) in [5.74, 6) is -0.486. The lowest BCUT2D eigenvalue weighted by Crippen LogP contribution is -2.28. The first-order valence-electron chi connectivity index (χ1n) is 8.07. The number of nitro groups is 1. The van der Waals surface area contributed by atoms with Gasteiger partial charge in [0.05, 0.1) is 34.4 Å². The molecule has 2 amide bonds. The van der Waals surface area contributed by atoms with Crippen LogP contribution in [0.2, 0.25) is 0 Å². The average Bonchev–Trinajstić information content (AvgIpc) is 2.68. The van der Waals surface area contributed by atoms with Crippen LogP contribution in [-0.2, 0) is 4.74 Å². The van der Waals surface area contributed by atoms with E-state index in [1.807, 2.05) is 0 Å². The van der Waals surface area contributed by atoms with E-state index in [2.05, 4.69) is 26.6 Å². The molecule has 2 N–H and O–H groups in total. The highest BCUT2D eigenvalue weighted by atomic mass is 79.9. The van der Waals surface area contributed by atoms with Gasteiger partial charge in [-0.05, 0) is 40.2 Å². The van der Waals surface area contributed by atoms with Crippen LogP contribution < -0.4 is 15.4 Å². The summed E-state index contributed by atoms with van der Waals surface area (Å²) in [5.41, 5.74) is 0.183. The second-order valence-corrected chi connectivity index (χ2v) is 6.39. The number of hydrogen-bond acceptors (Lipinski definition) is 6. The van der Waals surface area contributed by atoms with E-state index in [0.717, 1.165) is 6.07 Å². The third-order valence-electron chi connectivity index (χ3n) is 3.71. The number of ether oxygens (including phenoxy) is 2. The zero-order valence-corrected chi connectivity index (χ0v) is 16.7. The van der Waals surface area contributed by atoms with Gasteiger partial charge in [0.1, 0.15) is 5.75 Å². The summed E-state index contributed by atoms with van der Waals surface area (Å²) in [4.78, 5) is 35.4. The molecule has 0 heterocycles. The van der Waals surface area contributed by atoms with Crippen molar-refractivity contribution in [3.8, 4) is 5.75 Å². The number of halogens is 1. The van der Waals surface area contributed by atoms with E-state index in [0.29, 0.717) is 15.8 Å². The van der Waals surface area contributed by atoms with E-state index in [9.17, 15) is 19.7 Å². The molecule has 0 bridgehead atoms. The van der Waals surface area contributed by atoms with Crippen LogP contribution in [0.1, 0.15) is 20.7 Å². The Bertz CT molecular complexity index is 903. The van der Waals surface area contributed by atoms with Crippen molar-refractivity contribution >= 4 is 39.1 Å². The second-order valence-electron chi connectivity index (χ2n) is 5.54. The Kier molecular flexibility index (Phi) is 7.47. The van der Waals surface area contributed by atoms with Gasteiger partial charge in [-0.25, -0.2) is 0 Å². The molecule has 0 unspecified atom stereocenters. The monoisotopic (exact) mass is 451 g/mol. The van der Waals surface area contributed by atoms with Crippen LogP contribution in [0.15, 0.2) is 40.9 Å². The number of methoxy groups -OCH3 is 2. The number of amides is 2. The lowest BCUT2D eigenvalue weighted by Gasteiger charge is -2.12. The largest absolute Gasteiger partial charge is 0.496 e. The molecule has 10 heteroatoms. The smallest absolute Gasteiger partial charge is 0.270 e. The van der Waals surface area contributed by atoms with Gasteiger partial charge in [-0.3, -0.25) is 19.7 Å². The standard InChI is InChI=1S/C18H18BrN3O6/c1-27-8-7-20-18(24)13-10-12(22(25)26)4-5-15(13)21-17(23)11-3-6-16(28-2)14(19)9-11/h3-6,9-10H,7-8H2,1-2H3,(H,20,24)(H,21,23). The molecule has 0 radical (unpaired) electrons. The fraction of sp³-hybridized carbons (Fsp3) is 0.222. The summed E-state index contributed by atoms with van der Waals surface area (Å²) in [6.07, 6.45) is 0. The number of nitrogens with zero attached hydrogens (tertiary/aromatic N) is 1. The van der Waals surface area contributed by atoms with Crippen molar-refractivity contribution in [3.63, 3.8) is 0 Å². The highest BCUT2D eigenvalue weighted by Crippen LogP contribution is 2.27. The van der Waals surface area contributed by atoms with Crippen LogP contribution in [0.4, 0.5) is 11.4 Å². The summed E-state index contributed by atoms with van der Waals surface area (Å²) >= 11 is 3.30. The van der Waals surface area contributed by atoms with Crippen LogP contribution in [-0.4, -0.2) is 44.1 Å². The van der Waals surface area contributed by atoms with Crippen molar-refractivity contribution < 1.29 is 24.0 Å². The molecule has 9 nitrogen and oxygen atoms in total.